The number of nitrogens with one attached hydrogen (secondary N) is 1. The van der Waals surface area contributed by atoms with Gasteiger partial charge in [0.05, 0.1) is 24.5 Å². The Morgan fingerprint density at radius 3 is 2.12 bits per heavy atom. The molecule has 0 amide bonds. The van der Waals surface area contributed by atoms with Crippen LogP contribution in [0.4, 0.5) is 5.69 Å². The molecule has 2 N–H and O–H groups in total. The van der Waals surface area contributed by atoms with Crippen molar-refractivity contribution in [1.82, 2.24) is 4.72 Å². The number of hydrogen-bond acceptors (Lipinski definition) is 7. The number of ether oxygens (including phenoxy) is 3. The van der Waals surface area contributed by atoms with E-state index in [1.165, 1.54) is 13.1 Å². The summed E-state index contributed by atoms with van der Waals surface area (Å²) in [6.45, 7) is 6.26. The molecule has 0 fully saturated rings. The predicted octanol–water partition coefficient (Wildman–Crippen LogP) is 2.96. The molecule has 176 valence electrons. The van der Waals surface area contributed by atoms with Crippen molar-refractivity contribution in [1.29, 1.82) is 0 Å². The van der Waals surface area contributed by atoms with Gasteiger partial charge < -0.3 is 24.2 Å². The molecule has 0 aliphatic heterocycles. The Bertz CT molecular complexity index is 971. The summed E-state index contributed by atoms with van der Waals surface area (Å²) in [5, 5.41) is 9.64. The van der Waals surface area contributed by atoms with Gasteiger partial charge in [-0.3, -0.25) is 0 Å². The Hall–Kier alpha value is -2.66. The summed E-state index contributed by atoms with van der Waals surface area (Å²) in [7, 11) is -2.78. The average Bonchev–Trinajstić information content (AvgIpc) is 2.79. The Morgan fingerprint density at radius 1 is 1.03 bits per heavy atom. The van der Waals surface area contributed by atoms with E-state index >= 15 is 0 Å². The normalized spacial score (nSPS) is 11.3. The first-order chi connectivity index (χ1) is 15.3. The van der Waals surface area contributed by atoms with Crippen LogP contribution in [-0.2, 0) is 19.5 Å². The zero-order chi connectivity index (χ0) is 23.6. The molecule has 2 aromatic carbocycles. The van der Waals surface area contributed by atoms with Crippen molar-refractivity contribution in [2.24, 2.45) is 0 Å². The van der Waals surface area contributed by atoms with E-state index in [9.17, 15) is 18.3 Å². The highest BCUT2D eigenvalue weighted by Crippen LogP contribution is 2.39. The Balaban J connectivity index is 2.69. The molecule has 0 heterocycles. The smallest absolute Gasteiger partial charge is 0.335 e. The number of anilines is 1. The molecular weight excluding hydrogens is 436 g/mol. The van der Waals surface area contributed by atoms with Crippen molar-refractivity contribution in [3.63, 3.8) is 0 Å². The Kier molecular flexibility index (Phi) is 9.92. The first-order valence-corrected chi connectivity index (χ1v) is 11.8. The fourth-order valence-electron chi connectivity index (χ4n) is 2.96. The van der Waals surface area contributed by atoms with E-state index in [1.807, 2.05) is 24.8 Å². The number of benzene rings is 2. The first kappa shape index (κ1) is 25.6. The van der Waals surface area contributed by atoms with Gasteiger partial charge in [-0.1, -0.05) is 18.2 Å². The van der Waals surface area contributed by atoms with Gasteiger partial charge in [0, 0.05) is 26.3 Å². The minimum absolute atomic E-state index is 0.0311. The number of para-hydroxylation sites is 1. The van der Waals surface area contributed by atoms with E-state index < -0.39 is 16.0 Å². The van der Waals surface area contributed by atoms with Crippen LogP contribution in [-0.4, -0.2) is 66.1 Å². The third-order valence-corrected chi connectivity index (χ3v) is 5.98. The molecule has 2 rings (SSSR count). The zero-order valence-corrected chi connectivity index (χ0v) is 19.4. The minimum atomic E-state index is -4.04. The van der Waals surface area contributed by atoms with Crippen LogP contribution in [0.5, 0.6) is 11.5 Å². The number of hydrogen-bond donors (Lipinski definition) is 2. The van der Waals surface area contributed by atoms with Gasteiger partial charge in [0.25, 0.3) is 0 Å². The monoisotopic (exact) mass is 466 g/mol. The van der Waals surface area contributed by atoms with Gasteiger partial charge in [-0.25, -0.2) is 17.9 Å². The second-order valence-electron chi connectivity index (χ2n) is 6.63. The third kappa shape index (κ3) is 6.92. The number of aromatic carboxylic acids is 1. The molecule has 0 aromatic heterocycles. The van der Waals surface area contributed by atoms with Gasteiger partial charge >= 0.3 is 5.97 Å². The van der Waals surface area contributed by atoms with Crippen LogP contribution in [0.2, 0.25) is 0 Å². The van der Waals surface area contributed by atoms with Gasteiger partial charge in [0.15, 0.2) is 5.75 Å². The molecule has 2 aromatic rings. The fraction of sp³-hybridized carbons (Fsp3) is 0.409. The summed E-state index contributed by atoms with van der Waals surface area (Å²) in [4.78, 5) is 13.4. The van der Waals surface area contributed by atoms with Gasteiger partial charge in [0.2, 0.25) is 10.0 Å². The molecule has 0 aliphatic rings. The molecule has 9 nitrogen and oxygen atoms in total. The highest BCUT2D eigenvalue weighted by atomic mass is 32.2. The van der Waals surface area contributed by atoms with Crippen molar-refractivity contribution in [2.75, 3.05) is 51.5 Å². The van der Waals surface area contributed by atoms with Crippen molar-refractivity contribution in [2.45, 2.75) is 18.7 Å². The maximum absolute atomic E-state index is 12.8. The SMILES string of the molecule is CCOCCN(CCOCC)c1cc(C(=O)O)cc(S(=O)(=O)NC)c1Oc1ccccc1. The number of carboxylic acids is 1. The highest BCUT2D eigenvalue weighted by molar-refractivity contribution is 7.89. The molecule has 0 aliphatic carbocycles. The molecule has 0 unspecified atom stereocenters. The topological polar surface area (TPSA) is 114 Å². The van der Waals surface area contributed by atoms with Gasteiger partial charge in [-0.15, -0.1) is 0 Å². The summed E-state index contributed by atoms with van der Waals surface area (Å²) in [5.41, 5.74) is 0.147. The van der Waals surface area contributed by atoms with Crippen LogP contribution in [0, 0.1) is 0 Å². The number of rotatable bonds is 14. The summed E-state index contributed by atoms with van der Waals surface area (Å²) in [6.07, 6.45) is 0. The van der Waals surface area contributed by atoms with Gasteiger partial charge in [-0.2, -0.15) is 0 Å². The molecule has 0 spiro atoms. The quantitative estimate of drug-likeness (QED) is 0.409. The minimum Gasteiger partial charge on any atom is -0.478 e. The summed E-state index contributed by atoms with van der Waals surface area (Å²) < 4.78 is 44.9. The van der Waals surface area contributed by atoms with Gasteiger partial charge in [0.1, 0.15) is 10.6 Å². The lowest BCUT2D eigenvalue weighted by Crippen LogP contribution is -2.32. The van der Waals surface area contributed by atoms with E-state index in [0.717, 1.165) is 6.07 Å². The van der Waals surface area contributed by atoms with Gasteiger partial charge in [-0.05, 0) is 45.2 Å². The lowest BCUT2D eigenvalue weighted by atomic mass is 10.1. The molecule has 32 heavy (non-hydrogen) atoms. The number of carbonyl (C=O) groups is 1. The molecule has 0 atom stereocenters. The average molecular weight is 467 g/mol. The van der Waals surface area contributed by atoms with Crippen molar-refractivity contribution in [3.8, 4) is 11.5 Å². The number of nitrogens with zero attached hydrogens (tertiary/aromatic N) is 1. The Morgan fingerprint density at radius 2 is 1.62 bits per heavy atom. The van der Waals surface area contributed by atoms with E-state index in [2.05, 4.69) is 4.72 Å². The standard InChI is InChI=1S/C22H30N2O7S/c1-4-29-13-11-24(12-14-30-5-2)19-15-17(22(25)26)16-20(32(27,28)23-3)21(19)31-18-9-7-6-8-10-18/h6-10,15-16,23H,4-5,11-14H2,1-3H3,(H,25,26). The van der Waals surface area contributed by atoms with E-state index in [0.29, 0.717) is 51.0 Å². The van der Waals surface area contributed by atoms with E-state index in [-0.39, 0.29) is 16.2 Å². The maximum Gasteiger partial charge on any atom is 0.335 e. The van der Waals surface area contributed by atoms with Crippen LogP contribution >= 0.6 is 0 Å². The van der Waals surface area contributed by atoms with Crippen LogP contribution < -0.4 is 14.4 Å². The number of sulfonamides is 1. The molecular formula is C22H30N2O7S. The molecule has 0 saturated carbocycles. The van der Waals surface area contributed by atoms with E-state index in [1.54, 1.807) is 24.3 Å². The molecule has 0 radical (unpaired) electrons. The zero-order valence-electron chi connectivity index (χ0n) is 18.5. The van der Waals surface area contributed by atoms with Crippen molar-refractivity contribution in [3.05, 3.63) is 48.0 Å². The second-order valence-corrected chi connectivity index (χ2v) is 8.49. The lowest BCUT2D eigenvalue weighted by molar-refractivity contribution is 0.0696. The van der Waals surface area contributed by atoms with Crippen molar-refractivity contribution < 1.29 is 32.5 Å². The second kappa shape index (κ2) is 12.4. The van der Waals surface area contributed by atoms with E-state index in [4.69, 9.17) is 14.2 Å². The van der Waals surface area contributed by atoms with Crippen LogP contribution in [0.15, 0.2) is 47.4 Å². The molecule has 10 heteroatoms. The maximum atomic E-state index is 12.8. The number of carboxylic acid groups (broad SMARTS) is 1. The summed E-state index contributed by atoms with van der Waals surface area (Å²) >= 11 is 0. The molecule has 0 bridgehead atoms. The Labute approximate surface area is 189 Å². The van der Waals surface area contributed by atoms with Crippen molar-refractivity contribution >= 4 is 21.7 Å². The summed E-state index contributed by atoms with van der Waals surface area (Å²) in [6, 6.07) is 11.2. The van der Waals surface area contributed by atoms with Crippen LogP contribution in [0.3, 0.4) is 0 Å². The lowest BCUT2D eigenvalue weighted by Gasteiger charge is -2.28. The largest absolute Gasteiger partial charge is 0.478 e. The van der Waals surface area contributed by atoms with Crippen LogP contribution in [0.1, 0.15) is 24.2 Å². The summed E-state index contributed by atoms with van der Waals surface area (Å²) in [5.74, 6) is -0.804. The molecule has 0 saturated heterocycles. The highest BCUT2D eigenvalue weighted by Gasteiger charge is 2.27. The van der Waals surface area contributed by atoms with Crippen LogP contribution in [0.25, 0.3) is 0 Å². The first-order valence-electron chi connectivity index (χ1n) is 10.3. The third-order valence-electron chi connectivity index (χ3n) is 4.56. The fourth-order valence-corrected chi connectivity index (χ4v) is 3.85. The predicted molar refractivity (Wildman–Crippen MR) is 121 cm³/mol.